The molecular formula is C18H21ClF2N4OS. The van der Waals surface area contributed by atoms with E-state index in [0.717, 1.165) is 5.69 Å². The van der Waals surface area contributed by atoms with Crippen molar-refractivity contribution in [1.82, 2.24) is 14.8 Å². The van der Waals surface area contributed by atoms with Crippen molar-refractivity contribution in [1.29, 1.82) is 0 Å². The number of nitrogens with zero attached hydrogens (tertiary/aromatic N) is 4. The number of amides is 1. The molecule has 1 aliphatic rings. The molecule has 0 saturated heterocycles. The Hall–Kier alpha value is -1.67. The molecule has 0 aliphatic heterocycles. The second-order valence-electron chi connectivity index (χ2n) is 6.55. The molecular weight excluding hydrogens is 394 g/mol. The first kappa shape index (κ1) is 20.1. The van der Waals surface area contributed by atoms with E-state index in [1.807, 2.05) is 13.0 Å². The Morgan fingerprint density at radius 1 is 1.48 bits per heavy atom. The molecule has 1 saturated carbocycles. The number of thioether (sulfide) groups is 1. The van der Waals surface area contributed by atoms with Crippen LogP contribution >= 0.6 is 23.4 Å². The van der Waals surface area contributed by atoms with Crippen molar-refractivity contribution in [2.24, 2.45) is 5.92 Å². The van der Waals surface area contributed by atoms with Gasteiger partial charge in [0.25, 0.3) is 0 Å². The van der Waals surface area contributed by atoms with Crippen molar-refractivity contribution in [2.45, 2.75) is 32.1 Å². The van der Waals surface area contributed by atoms with Gasteiger partial charge in [0.05, 0.1) is 18.1 Å². The zero-order valence-corrected chi connectivity index (χ0v) is 16.5. The first-order valence-electron chi connectivity index (χ1n) is 8.81. The lowest BCUT2D eigenvalue weighted by atomic mass is 9.83. The molecule has 0 N–H and O–H groups in total. The molecule has 9 heteroatoms. The third-order valence-corrected chi connectivity index (χ3v) is 5.93. The van der Waals surface area contributed by atoms with Crippen LogP contribution in [0.1, 0.15) is 26.2 Å². The van der Waals surface area contributed by atoms with Gasteiger partial charge in [0.15, 0.2) is 5.15 Å². The highest BCUT2D eigenvalue weighted by molar-refractivity contribution is 7.99. The fourth-order valence-electron chi connectivity index (χ4n) is 3.07. The third kappa shape index (κ3) is 4.99. The Kier molecular flexibility index (Phi) is 6.37. The van der Waals surface area contributed by atoms with E-state index in [4.69, 9.17) is 11.6 Å². The summed E-state index contributed by atoms with van der Waals surface area (Å²) in [6, 6.07) is 3.64. The number of halogens is 3. The highest BCUT2D eigenvalue weighted by atomic mass is 35.5. The predicted octanol–water partition coefficient (Wildman–Crippen LogP) is 4.44. The number of anilines is 1. The summed E-state index contributed by atoms with van der Waals surface area (Å²) >= 11 is 7.80. The summed E-state index contributed by atoms with van der Waals surface area (Å²) in [7, 11) is 0. The van der Waals surface area contributed by atoms with Gasteiger partial charge in [-0.3, -0.25) is 9.78 Å². The Bertz CT molecular complexity index is 779. The van der Waals surface area contributed by atoms with E-state index >= 15 is 0 Å². The smallest absolute Gasteiger partial charge is 0.248 e. The minimum absolute atomic E-state index is 0.0296. The molecule has 0 bridgehead atoms. The molecule has 2 heterocycles. The van der Waals surface area contributed by atoms with E-state index in [0.29, 0.717) is 30.2 Å². The van der Waals surface area contributed by atoms with Gasteiger partial charge in [0.2, 0.25) is 11.8 Å². The molecule has 0 atom stereocenters. The summed E-state index contributed by atoms with van der Waals surface area (Å²) in [5.74, 6) is -1.20. The monoisotopic (exact) mass is 414 g/mol. The Labute approximate surface area is 166 Å². The summed E-state index contributed by atoms with van der Waals surface area (Å²) in [6.07, 6.45) is 5.31. The molecule has 2 aromatic heterocycles. The van der Waals surface area contributed by atoms with E-state index in [-0.39, 0.29) is 29.8 Å². The zero-order valence-electron chi connectivity index (χ0n) is 14.9. The van der Waals surface area contributed by atoms with Gasteiger partial charge in [-0.2, -0.15) is 16.9 Å². The number of carbonyl (C=O) groups is 1. The zero-order chi connectivity index (χ0) is 19.4. The Balaban J connectivity index is 1.55. The summed E-state index contributed by atoms with van der Waals surface area (Å²) in [6.45, 7) is 2.34. The van der Waals surface area contributed by atoms with Crippen LogP contribution in [0.3, 0.4) is 0 Å². The lowest BCUT2D eigenvalue weighted by Crippen LogP contribution is -2.36. The van der Waals surface area contributed by atoms with Crippen LogP contribution in [-0.4, -0.2) is 44.6 Å². The Morgan fingerprint density at radius 2 is 2.26 bits per heavy atom. The molecule has 0 aromatic carbocycles. The minimum atomic E-state index is -2.48. The van der Waals surface area contributed by atoms with Gasteiger partial charge in [0.1, 0.15) is 5.69 Å². The molecule has 1 fully saturated rings. The maximum absolute atomic E-state index is 12.8. The highest BCUT2D eigenvalue weighted by Crippen LogP contribution is 2.43. The van der Waals surface area contributed by atoms with E-state index in [2.05, 4.69) is 10.1 Å². The van der Waals surface area contributed by atoms with Crippen LogP contribution in [0.4, 0.5) is 14.5 Å². The average molecular weight is 415 g/mol. The first-order chi connectivity index (χ1) is 12.9. The fourth-order valence-corrected chi connectivity index (χ4v) is 4.36. The average Bonchev–Trinajstić information content (AvgIpc) is 3.00. The van der Waals surface area contributed by atoms with Crippen molar-refractivity contribution >= 4 is 35.0 Å². The van der Waals surface area contributed by atoms with Crippen LogP contribution in [0, 0.1) is 5.92 Å². The second kappa shape index (κ2) is 8.56. The van der Waals surface area contributed by atoms with Crippen LogP contribution in [0.2, 0.25) is 5.15 Å². The quantitative estimate of drug-likeness (QED) is 0.599. The highest BCUT2D eigenvalue weighted by Gasteiger charge is 2.44. The van der Waals surface area contributed by atoms with E-state index in [1.54, 1.807) is 46.0 Å². The third-order valence-electron chi connectivity index (χ3n) is 4.46. The number of aromatic nitrogens is 3. The van der Waals surface area contributed by atoms with Gasteiger partial charge in [-0.25, -0.2) is 13.5 Å². The standard InChI is InChI=1S/C18H21ClF2N4OS/c1-2-24(16(26)5-7-27-12-13-8-18(20,21)9-13)15-11-25(23-17(15)19)14-4-3-6-22-10-14/h3-4,6,10-11,13H,2,5,7-9,12H2,1H3. The molecule has 0 spiro atoms. The summed E-state index contributed by atoms with van der Waals surface area (Å²) in [5, 5.41) is 4.50. The van der Waals surface area contributed by atoms with Crippen molar-refractivity contribution in [2.75, 3.05) is 23.0 Å². The first-order valence-corrected chi connectivity index (χ1v) is 10.3. The molecule has 146 valence electrons. The molecule has 2 aromatic rings. The summed E-state index contributed by atoms with van der Waals surface area (Å²) in [5.41, 5.74) is 1.30. The molecule has 0 radical (unpaired) electrons. The maximum Gasteiger partial charge on any atom is 0.248 e. The number of carbonyl (C=O) groups excluding carboxylic acids is 1. The number of hydrogen-bond donors (Lipinski definition) is 0. The van der Waals surface area contributed by atoms with Crippen LogP contribution < -0.4 is 4.90 Å². The summed E-state index contributed by atoms with van der Waals surface area (Å²) < 4.78 is 27.3. The molecule has 5 nitrogen and oxygen atoms in total. The van der Waals surface area contributed by atoms with Crippen LogP contribution in [0.25, 0.3) is 5.69 Å². The maximum atomic E-state index is 12.8. The predicted molar refractivity (Wildman–Crippen MR) is 104 cm³/mol. The number of rotatable bonds is 8. The molecule has 1 amide bonds. The van der Waals surface area contributed by atoms with Gasteiger partial charge in [-0.05, 0) is 30.7 Å². The van der Waals surface area contributed by atoms with Gasteiger partial charge in [0, 0.05) is 37.8 Å². The van der Waals surface area contributed by atoms with Gasteiger partial charge < -0.3 is 4.90 Å². The summed E-state index contributed by atoms with van der Waals surface area (Å²) in [4.78, 5) is 18.2. The molecule has 27 heavy (non-hydrogen) atoms. The number of pyridine rings is 1. The van der Waals surface area contributed by atoms with Crippen LogP contribution in [0.5, 0.6) is 0 Å². The topological polar surface area (TPSA) is 51.0 Å². The van der Waals surface area contributed by atoms with E-state index < -0.39 is 5.92 Å². The van der Waals surface area contributed by atoms with Crippen molar-refractivity contribution < 1.29 is 13.6 Å². The van der Waals surface area contributed by atoms with E-state index in [1.165, 1.54) is 0 Å². The van der Waals surface area contributed by atoms with Crippen molar-refractivity contribution in [3.8, 4) is 5.69 Å². The Morgan fingerprint density at radius 3 is 2.89 bits per heavy atom. The minimum Gasteiger partial charge on any atom is -0.308 e. The molecule has 0 unspecified atom stereocenters. The molecule has 3 rings (SSSR count). The van der Waals surface area contributed by atoms with E-state index in [9.17, 15) is 13.6 Å². The fraction of sp³-hybridized carbons (Fsp3) is 0.500. The molecule has 1 aliphatic carbocycles. The van der Waals surface area contributed by atoms with Crippen LogP contribution in [0.15, 0.2) is 30.7 Å². The lowest BCUT2D eigenvalue weighted by molar-refractivity contribution is -0.118. The van der Waals surface area contributed by atoms with Crippen molar-refractivity contribution in [3.05, 3.63) is 35.9 Å². The van der Waals surface area contributed by atoms with Gasteiger partial charge in [-0.1, -0.05) is 11.6 Å². The number of alkyl halides is 2. The van der Waals surface area contributed by atoms with Gasteiger partial charge >= 0.3 is 0 Å². The lowest BCUT2D eigenvalue weighted by Gasteiger charge is -2.34. The largest absolute Gasteiger partial charge is 0.308 e. The van der Waals surface area contributed by atoms with Gasteiger partial charge in [-0.15, -0.1) is 0 Å². The van der Waals surface area contributed by atoms with Crippen molar-refractivity contribution in [3.63, 3.8) is 0 Å². The normalized spacial score (nSPS) is 16.1. The SMILES string of the molecule is CCN(C(=O)CCSCC1CC(F)(F)C1)c1cn(-c2cccnc2)nc1Cl. The van der Waals surface area contributed by atoms with Crippen LogP contribution in [-0.2, 0) is 4.79 Å². The number of hydrogen-bond acceptors (Lipinski definition) is 4. The second-order valence-corrected chi connectivity index (χ2v) is 8.06.